The first-order valence-corrected chi connectivity index (χ1v) is 6.02. The quantitative estimate of drug-likeness (QED) is 0.750. The van der Waals surface area contributed by atoms with Crippen LogP contribution in [0.3, 0.4) is 0 Å². The van der Waals surface area contributed by atoms with Crippen LogP contribution >= 0.6 is 0 Å². The van der Waals surface area contributed by atoms with E-state index in [2.05, 4.69) is 17.5 Å². The Balaban J connectivity index is 1.77. The number of aryl methyl sites for hydroxylation is 1. The maximum atomic E-state index is 13.2. The SMILES string of the molecule is Fc1ccc2c(c1)C(NC1CC=CC1)CC2. The fourth-order valence-electron chi connectivity index (χ4n) is 2.78. The summed E-state index contributed by atoms with van der Waals surface area (Å²) < 4.78 is 13.2. The van der Waals surface area contributed by atoms with Crippen molar-refractivity contribution in [2.45, 2.75) is 37.8 Å². The van der Waals surface area contributed by atoms with E-state index in [9.17, 15) is 4.39 Å². The van der Waals surface area contributed by atoms with Crippen molar-refractivity contribution in [3.8, 4) is 0 Å². The summed E-state index contributed by atoms with van der Waals surface area (Å²) in [5.41, 5.74) is 2.48. The molecule has 0 bridgehead atoms. The van der Waals surface area contributed by atoms with Crippen LogP contribution in [0.2, 0.25) is 0 Å². The minimum atomic E-state index is -0.114. The van der Waals surface area contributed by atoms with Crippen molar-refractivity contribution in [2.24, 2.45) is 0 Å². The predicted octanol–water partition coefficient (Wildman–Crippen LogP) is 3.12. The van der Waals surface area contributed by atoms with Crippen molar-refractivity contribution < 1.29 is 4.39 Å². The molecule has 0 fully saturated rings. The summed E-state index contributed by atoms with van der Waals surface area (Å²) in [7, 11) is 0. The fraction of sp³-hybridized carbons (Fsp3) is 0.429. The van der Waals surface area contributed by atoms with E-state index in [4.69, 9.17) is 0 Å². The molecule has 2 aliphatic rings. The smallest absolute Gasteiger partial charge is 0.123 e. The highest BCUT2D eigenvalue weighted by molar-refractivity contribution is 5.35. The first kappa shape index (κ1) is 10.0. The molecule has 16 heavy (non-hydrogen) atoms. The van der Waals surface area contributed by atoms with Gasteiger partial charge in [0.05, 0.1) is 0 Å². The van der Waals surface area contributed by atoms with Gasteiger partial charge in [-0.1, -0.05) is 18.2 Å². The minimum Gasteiger partial charge on any atom is -0.307 e. The van der Waals surface area contributed by atoms with E-state index < -0.39 is 0 Å². The van der Waals surface area contributed by atoms with Gasteiger partial charge in [-0.3, -0.25) is 0 Å². The number of hydrogen-bond acceptors (Lipinski definition) is 1. The molecule has 0 saturated heterocycles. The summed E-state index contributed by atoms with van der Waals surface area (Å²) in [6.45, 7) is 0. The van der Waals surface area contributed by atoms with E-state index in [0.29, 0.717) is 12.1 Å². The zero-order chi connectivity index (χ0) is 11.0. The summed E-state index contributed by atoms with van der Waals surface area (Å²) in [6.07, 6.45) is 8.85. The molecule has 0 aromatic heterocycles. The lowest BCUT2D eigenvalue weighted by molar-refractivity contribution is 0.445. The molecule has 2 heteroatoms. The molecule has 84 valence electrons. The Morgan fingerprint density at radius 1 is 1.19 bits per heavy atom. The van der Waals surface area contributed by atoms with Gasteiger partial charge in [0.2, 0.25) is 0 Å². The van der Waals surface area contributed by atoms with Crippen LogP contribution in [0, 0.1) is 5.82 Å². The average molecular weight is 217 g/mol. The van der Waals surface area contributed by atoms with E-state index >= 15 is 0 Å². The van der Waals surface area contributed by atoms with E-state index in [0.717, 1.165) is 25.7 Å². The van der Waals surface area contributed by atoms with Gasteiger partial charge in [0.1, 0.15) is 5.82 Å². The second-order valence-electron chi connectivity index (χ2n) is 4.74. The predicted molar refractivity (Wildman–Crippen MR) is 62.8 cm³/mol. The van der Waals surface area contributed by atoms with Crippen molar-refractivity contribution >= 4 is 0 Å². The maximum Gasteiger partial charge on any atom is 0.123 e. The zero-order valence-corrected chi connectivity index (χ0v) is 9.25. The minimum absolute atomic E-state index is 0.114. The molecular formula is C14H16FN. The van der Waals surface area contributed by atoms with Crippen molar-refractivity contribution in [1.29, 1.82) is 0 Å². The Kier molecular flexibility index (Phi) is 2.52. The van der Waals surface area contributed by atoms with Gasteiger partial charge in [-0.15, -0.1) is 0 Å². The molecule has 1 N–H and O–H groups in total. The highest BCUT2D eigenvalue weighted by Gasteiger charge is 2.25. The van der Waals surface area contributed by atoms with Crippen LogP contribution in [-0.2, 0) is 6.42 Å². The monoisotopic (exact) mass is 217 g/mol. The highest BCUT2D eigenvalue weighted by atomic mass is 19.1. The lowest BCUT2D eigenvalue weighted by Crippen LogP contribution is -2.29. The van der Waals surface area contributed by atoms with Gasteiger partial charge < -0.3 is 5.32 Å². The van der Waals surface area contributed by atoms with E-state index in [-0.39, 0.29) is 5.82 Å². The highest BCUT2D eigenvalue weighted by Crippen LogP contribution is 2.32. The molecule has 3 rings (SSSR count). The molecule has 0 heterocycles. The number of benzene rings is 1. The molecule has 2 aliphatic carbocycles. The summed E-state index contributed by atoms with van der Waals surface area (Å²) in [4.78, 5) is 0. The van der Waals surface area contributed by atoms with Crippen LogP contribution in [-0.4, -0.2) is 6.04 Å². The molecule has 1 atom stereocenters. The van der Waals surface area contributed by atoms with Gasteiger partial charge in [-0.2, -0.15) is 0 Å². The third kappa shape index (κ3) is 1.78. The molecule has 0 aliphatic heterocycles. The summed E-state index contributed by atoms with van der Waals surface area (Å²) in [5.74, 6) is -0.114. The van der Waals surface area contributed by atoms with E-state index in [1.165, 1.54) is 11.1 Å². The molecule has 0 radical (unpaired) electrons. The summed E-state index contributed by atoms with van der Waals surface area (Å²) >= 11 is 0. The molecule has 1 aromatic rings. The molecule has 0 saturated carbocycles. The second-order valence-corrected chi connectivity index (χ2v) is 4.74. The Morgan fingerprint density at radius 3 is 2.81 bits per heavy atom. The third-order valence-corrected chi connectivity index (χ3v) is 3.63. The molecule has 1 nitrogen and oxygen atoms in total. The number of hydrogen-bond donors (Lipinski definition) is 1. The topological polar surface area (TPSA) is 12.0 Å². The average Bonchev–Trinajstić information content (AvgIpc) is 2.90. The Bertz CT molecular complexity index is 417. The van der Waals surface area contributed by atoms with Crippen molar-refractivity contribution in [2.75, 3.05) is 0 Å². The molecule has 1 aromatic carbocycles. The van der Waals surface area contributed by atoms with Gasteiger partial charge in [0.25, 0.3) is 0 Å². The van der Waals surface area contributed by atoms with Gasteiger partial charge in [-0.25, -0.2) is 4.39 Å². The zero-order valence-electron chi connectivity index (χ0n) is 9.25. The maximum absolute atomic E-state index is 13.2. The van der Waals surface area contributed by atoms with Gasteiger partial charge >= 0.3 is 0 Å². The molecule has 0 spiro atoms. The van der Waals surface area contributed by atoms with Gasteiger partial charge in [0.15, 0.2) is 0 Å². The van der Waals surface area contributed by atoms with Crippen molar-refractivity contribution in [3.05, 3.63) is 47.3 Å². The summed E-state index contributed by atoms with van der Waals surface area (Å²) in [6, 6.07) is 6.11. The number of rotatable bonds is 2. The van der Waals surface area contributed by atoms with E-state index in [1.807, 2.05) is 6.07 Å². The van der Waals surface area contributed by atoms with Crippen LogP contribution in [0.25, 0.3) is 0 Å². The molecule has 1 unspecified atom stereocenters. The van der Waals surface area contributed by atoms with Gasteiger partial charge in [-0.05, 0) is 48.9 Å². The largest absolute Gasteiger partial charge is 0.307 e. The number of nitrogens with one attached hydrogen (secondary N) is 1. The van der Waals surface area contributed by atoms with Crippen molar-refractivity contribution in [3.63, 3.8) is 0 Å². The van der Waals surface area contributed by atoms with Crippen LogP contribution in [0.5, 0.6) is 0 Å². The van der Waals surface area contributed by atoms with Crippen LogP contribution < -0.4 is 5.32 Å². The standard InChI is InChI=1S/C14H16FN/c15-11-7-5-10-6-8-14(13(10)9-11)16-12-3-1-2-4-12/h1-2,5,7,9,12,14,16H,3-4,6,8H2. The number of halogens is 1. The normalized spacial score (nSPS) is 23.9. The van der Waals surface area contributed by atoms with E-state index in [1.54, 1.807) is 12.1 Å². The van der Waals surface area contributed by atoms with Crippen LogP contribution in [0.1, 0.15) is 36.4 Å². The van der Waals surface area contributed by atoms with Gasteiger partial charge in [0, 0.05) is 12.1 Å². The Morgan fingerprint density at radius 2 is 2.00 bits per heavy atom. The first-order chi connectivity index (χ1) is 7.83. The van der Waals surface area contributed by atoms with Crippen LogP contribution in [0.4, 0.5) is 4.39 Å². The first-order valence-electron chi connectivity index (χ1n) is 6.02. The molecular weight excluding hydrogens is 201 g/mol. The van der Waals surface area contributed by atoms with Crippen LogP contribution in [0.15, 0.2) is 30.4 Å². The Hall–Kier alpha value is -1.15. The fourth-order valence-corrected chi connectivity index (χ4v) is 2.78. The third-order valence-electron chi connectivity index (χ3n) is 3.63. The molecule has 0 amide bonds. The van der Waals surface area contributed by atoms with Crippen molar-refractivity contribution in [1.82, 2.24) is 5.32 Å². The lowest BCUT2D eigenvalue weighted by atomic mass is 10.1. The number of fused-ring (bicyclic) bond motifs is 1. The lowest BCUT2D eigenvalue weighted by Gasteiger charge is -2.19. The second kappa shape index (κ2) is 4.02. The Labute approximate surface area is 95.4 Å². The summed E-state index contributed by atoms with van der Waals surface area (Å²) in [5, 5.41) is 3.63.